The molecule has 0 atom stereocenters. The third-order valence-corrected chi connectivity index (χ3v) is 9.77. The SMILES string of the molecule is N#Cc1ccc(-c2ccc3c(c2)c2cc(-c4ccc(C#N)cc4)ccc2n3-c2ccc(C#N)cc2-c2nc(-c3ccccc3)nc(-c3ccccc3)n2)cc1. The molecule has 2 heterocycles. The first-order chi connectivity index (χ1) is 27.1. The average Bonchev–Trinajstić information content (AvgIpc) is 3.59. The summed E-state index contributed by atoms with van der Waals surface area (Å²) in [5.74, 6) is 1.50. The second-order valence-electron chi connectivity index (χ2n) is 13.1. The van der Waals surface area contributed by atoms with E-state index in [-0.39, 0.29) is 0 Å². The van der Waals surface area contributed by atoms with E-state index in [9.17, 15) is 15.8 Å². The number of benzene rings is 7. The molecule has 7 nitrogen and oxygen atoms in total. The van der Waals surface area contributed by atoms with Gasteiger partial charge in [-0.2, -0.15) is 15.8 Å². The summed E-state index contributed by atoms with van der Waals surface area (Å²) in [6.07, 6.45) is 0. The number of nitriles is 3. The number of rotatable bonds is 6. The first-order valence-corrected chi connectivity index (χ1v) is 17.6. The average molecular weight is 702 g/mol. The predicted molar refractivity (Wildman–Crippen MR) is 215 cm³/mol. The molecule has 7 aromatic carbocycles. The number of aromatic nitrogens is 4. The van der Waals surface area contributed by atoms with E-state index in [1.54, 1.807) is 0 Å². The van der Waals surface area contributed by atoms with Crippen LogP contribution in [0.3, 0.4) is 0 Å². The maximum atomic E-state index is 10.1. The summed E-state index contributed by atoms with van der Waals surface area (Å²) < 4.78 is 2.21. The highest BCUT2D eigenvalue weighted by Crippen LogP contribution is 2.40. The zero-order valence-electron chi connectivity index (χ0n) is 29.2. The quantitative estimate of drug-likeness (QED) is 0.170. The van der Waals surface area contributed by atoms with Crippen molar-refractivity contribution >= 4 is 21.8 Å². The molecule has 254 valence electrons. The lowest BCUT2D eigenvalue weighted by Gasteiger charge is -2.15. The first-order valence-electron chi connectivity index (χ1n) is 17.6. The van der Waals surface area contributed by atoms with Crippen LogP contribution in [0.25, 0.3) is 83.9 Å². The van der Waals surface area contributed by atoms with E-state index in [1.165, 1.54) is 0 Å². The van der Waals surface area contributed by atoms with Gasteiger partial charge in [-0.05, 0) is 89.0 Å². The molecule has 2 aromatic heterocycles. The lowest BCUT2D eigenvalue weighted by atomic mass is 9.99. The molecule has 55 heavy (non-hydrogen) atoms. The van der Waals surface area contributed by atoms with Gasteiger partial charge in [-0.1, -0.05) is 97.1 Å². The zero-order chi connectivity index (χ0) is 37.3. The summed E-state index contributed by atoms with van der Waals surface area (Å²) in [5.41, 5.74) is 10.8. The van der Waals surface area contributed by atoms with E-state index in [0.29, 0.717) is 39.7 Å². The molecule has 0 fully saturated rings. The Balaban J connectivity index is 1.31. The first kappa shape index (κ1) is 32.7. The monoisotopic (exact) mass is 701 g/mol. The van der Waals surface area contributed by atoms with Gasteiger partial charge in [-0.25, -0.2) is 15.0 Å². The Labute approximate surface area is 316 Å². The lowest BCUT2D eigenvalue weighted by Crippen LogP contribution is -2.04. The highest BCUT2D eigenvalue weighted by Gasteiger charge is 2.21. The Hall–Kier alpha value is -8.18. The topological polar surface area (TPSA) is 115 Å². The Morgan fingerprint density at radius 2 is 0.782 bits per heavy atom. The van der Waals surface area contributed by atoms with E-state index >= 15 is 0 Å². The third-order valence-electron chi connectivity index (χ3n) is 9.77. The summed E-state index contributed by atoms with van der Waals surface area (Å²) >= 11 is 0. The maximum Gasteiger partial charge on any atom is 0.166 e. The molecule has 0 radical (unpaired) electrons. The highest BCUT2D eigenvalue weighted by atomic mass is 15.1. The van der Waals surface area contributed by atoms with Gasteiger partial charge in [0.25, 0.3) is 0 Å². The van der Waals surface area contributed by atoms with Gasteiger partial charge in [0.1, 0.15) is 0 Å². The van der Waals surface area contributed by atoms with Gasteiger partial charge < -0.3 is 4.57 Å². The summed E-state index contributed by atoms with van der Waals surface area (Å²) in [6, 6.07) is 60.0. The van der Waals surface area contributed by atoms with Gasteiger partial charge in [-0.3, -0.25) is 0 Å². The normalized spacial score (nSPS) is 10.9. The summed E-state index contributed by atoms with van der Waals surface area (Å²) in [6.45, 7) is 0. The van der Waals surface area contributed by atoms with Gasteiger partial charge in [-0.15, -0.1) is 0 Å². The second-order valence-corrected chi connectivity index (χ2v) is 13.1. The number of fused-ring (bicyclic) bond motifs is 3. The van der Waals surface area contributed by atoms with Crippen molar-refractivity contribution in [3.05, 3.63) is 180 Å². The molecule has 0 bridgehead atoms. The molecule has 0 amide bonds. The van der Waals surface area contributed by atoms with Crippen molar-refractivity contribution in [1.82, 2.24) is 19.5 Å². The van der Waals surface area contributed by atoms with Crippen LogP contribution < -0.4 is 0 Å². The fraction of sp³-hybridized carbons (Fsp3) is 0. The van der Waals surface area contributed by atoms with E-state index in [1.807, 2.05) is 127 Å². The number of hydrogen-bond acceptors (Lipinski definition) is 6. The Kier molecular flexibility index (Phi) is 8.18. The number of hydrogen-bond donors (Lipinski definition) is 0. The smallest absolute Gasteiger partial charge is 0.166 e. The van der Waals surface area contributed by atoms with Crippen LogP contribution in [-0.2, 0) is 0 Å². The van der Waals surface area contributed by atoms with E-state index in [4.69, 9.17) is 15.0 Å². The van der Waals surface area contributed by atoms with Crippen LogP contribution in [0.1, 0.15) is 16.7 Å². The molecule has 0 N–H and O–H groups in total. The van der Waals surface area contributed by atoms with Crippen LogP contribution in [0.2, 0.25) is 0 Å². The van der Waals surface area contributed by atoms with Crippen LogP contribution in [0.4, 0.5) is 0 Å². The van der Waals surface area contributed by atoms with Gasteiger partial charge in [0, 0.05) is 27.5 Å². The summed E-state index contributed by atoms with van der Waals surface area (Å²) in [7, 11) is 0. The van der Waals surface area contributed by atoms with Crippen LogP contribution in [-0.4, -0.2) is 19.5 Å². The van der Waals surface area contributed by atoms with Crippen molar-refractivity contribution in [3.63, 3.8) is 0 Å². The van der Waals surface area contributed by atoms with Crippen molar-refractivity contribution in [1.29, 1.82) is 15.8 Å². The molecule has 0 aliphatic rings. The van der Waals surface area contributed by atoms with Crippen molar-refractivity contribution < 1.29 is 0 Å². The Morgan fingerprint density at radius 1 is 0.364 bits per heavy atom. The largest absolute Gasteiger partial charge is 0.308 e. The molecule has 7 heteroatoms. The maximum absolute atomic E-state index is 10.1. The summed E-state index contributed by atoms with van der Waals surface area (Å²) in [5, 5.41) is 31.0. The van der Waals surface area contributed by atoms with Crippen molar-refractivity contribution in [2.24, 2.45) is 0 Å². The predicted octanol–water partition coefficient (Wildman–Crippen LogP) is 10.9. The van der Waals surface area contributed by atoms with Crippen LogP contribution in [0, 0.1) is 34.0 Å². The Morgan fingerprint density at radius 3 is 1.24 bits per heavy atom. The highest BCUT2D eigenvalue weighted by molar-refractivity contribution is 6.12. The molecule has 0 unspecified atom stereocenters. The lowest BCUT2D eigenvalue weighted by molar-refractivity contribution is 1.06. The molecule has 9 aromatic rings. The molecule has 0 aliphatic carbocycles. The van der Waals surface area contributed by atoms with Crippen molar-refractivity contribution in [2.45, 2.75) is 0 Å². The molecule has 0 saturated heterocycles. The van der Waals surface area contributed by atoms with Crippen molar-refractivity contribution in [2.75, 3.05) is 0 Å². The molecular weight excluding hydrogens is 675 g/mol. The minimum atomic E-state index is 0.443. The van der Waals surface area contributed by atoms with Crippen molar-refractivity contribution in [3.8, 4) is 80.3 Å². The second kappa shape index (κ2) is 13.7. The van der Waals surface area contributed by atoms with Gasteiger partial charge in [0.15, 0.2) is 17.5 Å². The third kappa shape index (κ3) is 6.03. The van der Waals surface area contributed by atoms with E-state index in [0.717, 1.165) is 60.9 Å². The summed E-state index contributed by atoms with van der Waals surface area (Å²) in [4.78, 5) is 15.0. The van der Waals surface area contributed by atoms with Gasteiger partial charge in [0.2, 0.25) is 0 Å². The Bertz CT molecular complexity index is 2860. The molecular formula is C48H27N7. The van der Waals surface area contributed by atoms with E-state index in [2.05, 4.69) is 59.2 Å². The fourth-order valence-corrected chi connectivity index (χ4v) is 7.03. The molecule has 0 aliphatic heterocycles. The van der Waals surface area contributed by atoms with Gasteiger partial charge >= 0.3 is 0 Å². The minimum Gasteiger partial charge on any atom is -0.308 e. The molecule has 9 rings (SSSR count). The molecule has 0 saturated carbocycles. The van der Waals surface area contributed by atoms with E-state index < -0.39 is 0 Å². The van der Waals surface area contributed by atoms with Crippen LogP contribution >= 0.6 is 0 Å². The number of nitrogens with zero attached hydrogens (tertiary/aromatic N) is 7. The van der Waals surface area contributed by atoms with Crippen LogP contribution in [0.15, 0.2) is 164 Å². The van der Waals surface area contributed by atoms with Crippen LogP contribution in [0.5, 0.6) is 0 Å². The van der Waals surface area contributed by atoms with Gasteiger partial charge in [0.05, 0.1) is 51.6 Å². The zero-order valence-corrected chi connectivity index (χ0v) is 29.2. The standard InChI is InChI=1S/C48H27N7/c49-28-31-11-16-34(17-12-31)38-20-23-43-40(26-38)41-27-39(35-18-13-32(29-50)14-19-35)21-24-44(41)55(43)45-22-15-33(30-51)25-42(45)48-53-46(36-7-3-1-4-8-36)52-47(54-48)37-9-5-2-6-10-37/h1-27H. The fourth-order valence-electron chi connectivity index (χ4n) is 7.03. The molecule has 0 spiro atoms. The minimum absolute atomic E-state index is 0.443.